The standard InChI is InChI=1S/C19H23N2O3PS2/c1-3-22-25(26,23-4-2)24-18-12-8-9-16(15-18)20-19-21(13-14-27-19)17-10-6-5-7-11-17/h5-12,15H,3-4,13-14H2,1-2H3. The first-order chi connectivity index (χ1) is 13.1. The van der Waals surface area contributed by atoms with Gasteiger partial charge >= 0.3 is 6.72 Å². The van der Waals surface area contributed by atoms with Crippen molar-refractivity contribution in [2.45, 2.75) is 13.8 Å². The van der Waals surface area contributed by atoms with Crippen molar-refractivity contribution < 1.29 is 13.6 Å². The van der Waals surface area contributed by atoms with E-state index in [4.69, 9.17) is 30.4 Å². The molecule has 0 unspecified atom stereocenters. The highest BCUT2D eigenvalue weighted by atomic mass is 32.5. The molecule has 0 aromatic heterocycles. The molecule has 1 fully saturated rings. The Bertz CT molecular complexity index is 823. The lowest BCUT2D eigenvalue weighted by molar-refractivity contribution is 0.218. The van der Waals surface area contributed by atoms with Crippen LogP contribution in [0.5, 0.6) is 5.75 Å². The molecular formula is C19H23N2O3PS2. The molecule has 27 heavy (non-hydrogen) atoms. The summed E-state index contributed by atoms with van der Waals surface area (Å²) in [7, 11) is 0. The molecule has 0 amide bonds. The number of aliphatic imine (C=N–C) groups is 1. The van der Waals surface area contributed by atoms with E-state index in [1.54, 1.807) is 11.8 Å². The molecule has 2 aromatic rings. The molecule has 144 valence electrons. The Morgan fingerprint density at radius 3 is 2.52 bits per heavy atom. The molecule has 0 N–H and O–H groups in total. The third kappa shape index (κ3) is 5.56. The Balaban J connectivity index is 1.81. The van der Waals surface area contributed by atoms with Crippen LogP contribution in [0.15, 0.2) is 59.6 Å². The fraction of sp³-hybridized carbons (Fsp3) is 0.316. The zero-order valence-electron chi connectivity index (χ0n) is 15.4. The van der Waals surface area contributed by atoms with Gasteiger partial charge in [-0.3, -0.25) is 9.05 Å². The quantitative estimate of drug-likeness (QED) is 0.516. The maximum absolute atomic E-state index is 5.89. The first-order valence-electron chi connectivity index (χ1n) is 8.86. The summed E-state index contributed by atoms with van der Waals surface area (Å²) < 4.78 is 17.0. The molecule has 2 aromatic carbocycles. The molecule has 1 heterocycles. The molecule has 5 nitrogen and oxygen atoms in total. The zero-order valence-corrected chi connectivity index (χ0v) is 17.9. The van der Waals surface area contributed by atoms with E-state index < -0.39 is 6.72 Å². The number of thioether (sulfide) groups is 1. The largest absolute Gasteiger partial charge is 0.424 e. The number of anilines is 1. The van der Waals surface area contributed by atoms with Crippen molar-refractivity contribution in [1.82, 2.24) is 0 Å². The van der Waals surface area contributed by atoms with E-state index in [1.165, 1.54) is 0 Å². The van der Waals surface area contributed by atoms with Gasteiger partial charge in [0.05, 0.1) is 18.9 Å². The summed E-state index contributed by atoms with van der Waals surface area (Å²) in [5.74, 6) is 1.62. The van der Waals surface area contributed by atoms with Gasteiger partial charge in [0.15, 0.2) is 5.17 Å². The molecule has 0 spiro atoms. The highest BCUT2D eigenvalue weighted by Crippen LogP contribution is 2.50. The Morgan fingerprint density at radius 1 is 1.07 bits per heavy atom. The Morgan fingerprint density at radius 2 is 1.81 bits per heavy atom. The van der Waals surface area contributed by atoms with Gasteiger partial charge in [-0.05, 0) is 38.1 Å². The predicted molar refractivity (Wildman–Crippen MR) is 118 cm³/mol. The third-order valence-electron chi connectivity index (χ3n) is 3.68. The van der Waals surface area contributed by atoms with Gasteiger partial charge in [-0.2, -0.15) is 0 Å². The molecule has 0 saturated carbocycles. The second kappa shape index (κ2) is 9.71. The van der Waals surface area contributed by atoms with Crippen molar-refractivity contribution in [3.63, 3.8) is 0 Å². The van der Waals surface area contributed by atoms with Gasteiger partial charge in [0.2, 0.25) is 0 Å². The predicted octanol–water partition coefficient (Wildman–Crippen LogP) is 5.60. The van der Waals surface area contributed by atoms with Crippen LogP contribution in [-0.2, 0) is 20.9 Å². The fourth-order valence-corrected chi connectivity index (χ4v) is 5.65. The van der Waals surface area contributed by atoms with Crippen LogP contribution in [0.1, 0.15) is 13.8 Å². The van der Waals surface area contributed by atoms with E-state index in [2.05, 4.69) is 17.0 Å². The Hall–Kier alpha value is -1.37. The summed E-state index contributed by atoms with van der Waals surface area (Å²) in [5, 5.41) is 0.979. The fourth-order valence-electron chi connectivity index (χ4n) is 2.60. The SMILES string of the molecule is CCOP(=S)(OCC)Oc1cccc(N=C2SCCN2c2ccccc2)c1. The van der Waals surface area contributed by atoms with Gasteiger partial charge in [0.25, 0.3) is 0 Å². The topological polar surface area (TPSA) is 43.3 Å². The molecule has 1 saturated heterocycles. The van der Waals surface area contributed by atoms with E-state index in [-0.39, 0.29) is 0 Å². The normalized spacial score (nSPS) is 16.1. The number of hydrogen-bond acceptors (Lipinski definition) is 6. The third-order valence-corrected chi connectivity index (χ3v) is 7.07. The second-order valence-corrected chi connectivity index (χ2v) is 9.60. The minimum atomic E-state index is -2.79. The molecule has 8 heteroatoms. The van der Waals surface area contributed by atoms with E-state index in [9.17, 15) is 0 Å². The highest BCUT2D eigenvalue weighted by Gasteiger charge is 2.23. The summed E-state index contributed by atoms with van der Waals surface area (Å²) in [5.41, 5.74) is 1.96. The van der Waals surface area contributed by atoms with Gasteiger partial charge in [-0.15, -0.1) is 0 Å². The van der Waals surface area contributed by atoms with Crippen LogP contribution in [0.4, 0.5) is 11.4 Å². The average Bonchev–Trinajstić information content (AvgIpc) is 3.11. The first-order valence-corrected chi connectivity index (χ1v) is 12.4. The van der Waals surface area contributed by atoms with E-state index in [0.717, 1.165) is 28.8 Å². The van der Waals surface area contributed by atoms with Crippen molar-refractivity contribution in [1.29, 1.82) is 0 Å². The first kappa shape index (κ1) is 20.4. The number of para-hydroxylation sites is 1. The van der Waals surface area contributed by atoms with E-state index >= 15 is 0 Å². The van der Waals surface area contributed by atoms with Gasteiger partial charge in [0.1, 0.15) is 5.75 Å². The number of nitrogens with zero attached hydrogens (tertiary/aromatic N) is 2. The second-order valence-electron chi connectivity index (χ2n) is 5.60. The Labute approximate surface area is 170 Å². The van der Waals surface area contributed by atoms with Gasteiger partial charge in [-0.25, -0.2) is 4.99 Å². The molecule has 1 aliphatic heterocycles. The summed E-state index contributed by atoms with van der Waals surface area (Å²) in [6.07, 6.45) is 0. The molecule has 1 aliphatic rings. The smallest absolute Gasteiger partial charge is 0.380 e. The van der Waals surface area contributed by atoms with E-state index in [0.29, 0.717) is 19.0 Å². The minimum Gasteiger partial charge on any atom is -0.424 e. The zero-order chi connectivity index (χ0) is 19.1. The molecule has 0 radical (unpaired) electrons. The van der Waals surface area contributed by atoms with Crippen molar-refractivity contribution in [3.05, 3.63) is 54.6 Å². The summed E-state index contributed by atoms with van der Waals surface area (Å²) in [6.45, 7) is 2.80. The van der Waals surface area contributed by atoms with Crippen molar-refractivity contribution in [2.75, 3.05) is 30.4 Å². The van der Waals surface area contributed by atoms with Gasteiger partial charge in [0, 0.05) is 35.9 Å². The lowest BCUT2D eigenvalue weighted by atomic mass is 10.3. The van der Waals surface area contributed by atoms with Crippen LogP contribution >= 0.6 is 18.5 Å². The van der Waals surface area contributed by atoms with Crippen molar-refractivity contribution in [3.8, 4) is 5.75 Å². The minimum absolute atomic E-state index is 0.446. The molecule has 0 atom stereocenters. The van der Waals surface area contributed by atoms with Crippen LogP contribution in [-0.4, -0.2) is 30.7 Å². The van der Waals surface area contributed by atoms with Crippen LogP contribution in [0.25, 0.3) is 0 Å². The summed E-state index contributed by atoms with van der Waals surface area (Å²) >= 11 is 7.20. The lowest BCUT2D eigenvalue weighted by Gasteiger charge is -2.21. The number of amidine groups is 1. The van der Waals surface area contributed by atoms with Crippen LogP contribution in [0, 0.1) is 0 Å². The molecule has 0 bridgehead atoms. The number of hydrogen-bond donors (Lipinski definition) is 0. The van der Waals surface area contributed by atoms with E-state index in [1.807, 2.05) is 56.3 Å². The maximum atomic E-state index is 5.89. The number of benzene rings is 2. The summed E-state index contributed by atoms with van der Waals surface area (Å²) in [4.78, 5) is 7.05. The lowest BCUT2D eigenvalue weighted by Crippen LogP contribution is -2.23. The average molecular weight is 423 g/mol. The molecule has 3 rings (SSSR count). The van der Waals surface area contributed by atoms with Gasteiger partial charge < -0.3 is 9.42 Å². The maximum Gasteiger partial charge on any atom is 0.380 e. The van der Waals surface area contributed by atoms with Crippen molar-refractivity contribution in [2.24, 2.45) is 4.99 Å². The van der Waals surface area contributed by atoms with Crippen molar-refractivity contribution >= 4 is 46.8 Å². The van der Waals surface area contributed by atoms with Crippen LogP contribution in [0.2, 0.25) is 0 Å². The molecular weight excluding hydrogens is 399 g/mol. The van der Waals surface area contributed by atoms with Crippen LogP contribution < -0.4 is 9.42 Å². The highest BCUT2D eigenvalue weighted by molar-refractivity contribution is 8.14. The Kier molecular flexibility index (Phi) is 7.33. The monoisotopic (exact) mass is 422 g/mol. The van der Waals surface area contributed by atoms with Crippen LogP contribution in [0.3, 0.4) is 0 Å². The van der Waals surface area contributed by atoms with Gasteiger partial charge in [-0.1, -0.05) is 36.0 Å². The molecule has 0 aliphatic carbocycles. The summed E-state index contributed by atoms with van der Waals surface area (Å²) in [6, 6.07) is 17.9. The number of rotatable bonds is 8.